The first-order valence-electron chi connectivity index (χ1n) is 4.71. The van der Waals surface area contributed by atoms with Crippen LogP contribution in [-0.2, 0) is 14.3 Å². The normalized spacial score (nSPS) is 39.6. The summed E-state index contributed by atoms with van der Waals surface area (Å²) in [5, 5.41) is 0. The molecule has 4 nitrogen and oxygen atoms in total. The van der Waals surface area contributed by atoms with Crippen LogP contribution in [0, 0.1) is 0 Å². The SMILES string of the molecule is C[N+]12CCCC(=O)OC1CCC2=O. The van der Waals surface area contributed by atoms with Gasteiger partial charge in [-0.3, -0.25) is 4.79 Å². The Morgan fingerprint density at radius 2 is 2.15 bits per heavy atom. The van der Waals surface area contributed by atoms with Crippen molar-refractivity contribution in [1.82, 2.24) is 0 Å². The van der Waals surface area contributed by atoms with E-state index in [0.717, 1.165) is 13.0 Å². The molecule has 2 fully saturated rings. The fourth-order valence-electron chi connectivity index (χ4n) is 2.15. The lowest BCUT2D eigenvalue weighted by molar-refractivity contribution is -0.871. The maximum absolute atomic E-state index is 11.6. The van der Waals surface area contributed by atoms with Crippen LogP contribution < -0.4 is 0 Å². The molecule has 4 heteroatoms. The molecule has 0 radical (unpaired) electrons. The molecule has 0 aromatic carbocycles. The monoisotopic (exact) mass is 184 g/mol. The van der Waals surface area contributed by atoms with Crippen molar-refractivity contribution in [3.8, 4) is 0 Å². The number of quaternary nitrogens is 1. The first-order chi connectivity index (χ1) is 6.13. The van der Waals surface area contributed by atoms with Gasteiger partial charge in [0.2, 0.25) is 6.23 Å². The summed E-state index contributed by atoms with van der Waals surface area (Å²) in [7, 11) is 1.87. The van der Waals surface area contributed by atoms with E-state index in [1.165, 1.54) is 0 Å². The van der Waals surface area contributed by atoms with Gasteiger partial charge in [-0.15, -0.1) is 0 Å². The summed E-state index contributed by atoms with van der Waals surface area (Å²) < 4.78 is 5.53. The highest BCUT2D eigenvalue weighted by molar-refractivity contribution is 5.73. The van der Waals surface area contributed by atoms with Crippen LogP contribution in [-0.4, -0.2) is 36.2 Å². The molecule has 2 aliphatic heterocycles. The Balaban J connectivity index is 2.25. The molecule has 2 saturated heterocycles. The average Bonchev–Trinajstić information content (AvgIpc) is 2.29. The predicted molar refractivity (Wildman–Crippen MR) is 44.4 cm³/mol. The summed E-state index contributed by atoms with van der Waals surface area (Å²) in [5.41, 5.74) is 0. The van der Waals surface area contributed by atoms with Gasteiger partial charge < -0.3 is 4.74 Å². The first kappa shape index (κ1) is 8.69. The summed E-state index contributed by atoms with van der Waals surface area (Å²) in [4.78, 5) is 22.7. The van der Waals surface area contributed by atoms with E-state index in [0.29, 0.717) is 23.7 Å². The number of carbonyl (C=O) groups is 2. The quantitative estimate of drug-likeness (QED) is 0.404. The molecule has 1 amide bonds. The van der Waals surface area contributed by atoms with Crippen LogP contribution in [0.3, 0.4) is 0 Å². The summed E-state index contributed by atoms with van der Waals surface area (Å²) in [6, 6.07) is 0. The zero-order valence-corrected chi connectivity index (χ0v) is 7.78. The molecule has 13 heavy (non-hydrogen) atoms. The van der Waals surface area contributed by atoms with E-state index in [1.807, 2.05) is 7.05 Å². The van der Waals surface area contributed by atoms with Gasteiger partial charge in [0.1, 0.15) is 0 Å². The third-order valence-corrected chi connectivity index (χ3v) is 3.08. The second kappa shape index (κ2) is 2.80. The number of hydrogen-bond donors (Lipinski definition) is 0. The van der Waals surface area contributed by atoms with Crippen LogP contribution in [0.25, 0.3) is 0 Å². The highest BCUT2D eigenvalue weighted by Crippen LogP contribution is 2.30. The summed E-state index contributed by atoms with van der Waals surface area (Å²) in [6.07, 6.45) is 2.26. The van der Waals surface area contributed by atoms with E-state index in [9.17, 15) is 9.59 Å². The van der Waals surface area contributed by atoms with Gasteiger partial charge >= 0.3 is 11.9 Å². The van der Waals surface area contributed by atoms with Crippen molar-refractivity contribution in [2.45, 2.75) is 31.9 Å². The summed E-state index contributed by atoms with van der Waals surface area (Å²) in [6.45, 7) is 0.745. The minimum absolute atomic E-state index is 0.151. The van der Waals surface area contributed by atoms with Crippen molar-refractivity contribution in [2.75, 3.05) is 13.6 Å². The van der Waals surface area contributed by atoms with Crippen molar-refractivity contribution in [3.05, 3.63) is 0 Å². The molecule has 0 aromatic heterocycles. The van der Waals surface area contributed by atoms with Crippen molar-refractivity contribution >= 4 is 11.9 Å². The molecular weight excluding hydrogens is 170 g/mol. The number of nitrogens with zero attached hydrogens (tertiary/aromatic N) is 1. The average molecular weight is 184 g/mol. The maximum Gasteiger partial charge on any atom is 0.316 e. The number of ether oxygens (including phenoxy) is 1. The minimum Gasteiger partial charge on any atom is -0.412 e. The van der Waals surface area contributed by atoms with Crippen molar-refractivity contribution < 1.29 is 18.8 Å². The third kappa shape index (κ3) is 1.25. The van der Waals surface area contributed by atoms with Gasteiger partial charge in [-0.05, 0) is 0 Å². The smallest absolute Gasteiger partial charge is 0.316 e. The Hall–Kier alpha value is -0.900. The molecule has 0 N–H and O–H groups in total. The van der Waals surface area contributed by atoms with E-state index in [1.54, 1.807) is 0 Å². The molecule has 2 rings (SSSR count). The van der Waals surface area contributed by atoms with E-state index in [4.69, 9.17) is 4.74 Å². The topological polar surface area (TPSA) is 43.4 Å². The first-order valence-corrected chi connectivity index (χ1v) is 4.71. The second-order valence-corrected chi connectivity index (χ2v) is 3.97. The highest BCUT2D eigenvalue weighted by Gasteiger charge is 2.49. The van der Waals surface area contributed by atoms with E-state index in [-0.39, 0.29) is 18.1 Å². The van der Waals surface area contributed by atoms with Crippen LogP contribution >= 0.6 is 0 Å². The van der Waals surface area contributed by atoms with Gasteiger partial charge in [0.15, 0.2) is 0 Å². The van der Waals surface area contributed by atoms with Crippen molar-refractivity contribution in [3.63, 3.8) is 0 Å². The van der Waals surface area contributed by atoms with Crippen LogP contribution in [0.5, 0.6) is 0 Å². The van der Waals surface area contributed by atoms with Gasteiger partial charge in [-0.25, -0.2) is 9.28 Å². The Kier molecular flexibility index (Phi) is 1.87. The molecule has 2 heterocycles. The zero-order valence-electron chi connectivity index (χ0n) is 7.78. The van der Waals surface area contributed by atoms with Crippen LogP contribution in [0.15, 0.2) is 0 Å². The standard InChI is InChI=1S/C9H14NO3/c1-10-6-2-3-9(12)13-8(10)5-4-7(10)11/h8H,2-6H2,1H3/q+1. The Morgan fingerprint density at radius 3 is 2.92 bits per heavy atom. The number of hydrogen-bond acceptors (Lipinski definition) is 3. The summed E-state index contributed by atoms with van der Waals surface area (Å²) >= 11 is 0. The van der Waals surface area contributed by atoms with E-state index in [2.05, 4.69) is 0 Å². The largest absolute Gasteiger partial charge is 0.412 e. The lowest BCUT2D eigenvalue weighted by Crippen LogP contribution is -2.51. The Bertz CT molecular complexity index is 264. The molecule has 0 bridgehead atoms. The fraction of sp³-hybridized carbons (Fsp3) is 0.778. The lowest BCUT2D eigenvalue weighted by Gasteiger charge is -2.29. The number of rotatable bonds is 0. The van der Waals surface area contributed by atoms with Gasteiger partial charge in [0.05, 0.1) is 32.9 Å². The number of esters is 1. The molecule has 0 saturated carbocycles. The summed E-state index contributed by atoms with van der Waals surface area (Å²) in [5.74, 6) is 0.0567. The van der Waals surface area contributed by atoms with Gasteiger partial charge in [-0.2, -0.15) is 0 Å². The molecule has 72 valence electrons. The van der Waals surface area contributed by atoms with Crippen molar-refractivity contribution in [1.29, 1.82) is 0 Å². The van der Waals surface area contributed by atoms with Crippen LogP contribution in [0.2, 0.25) is 0 Å². The van der Waals surface area contributed by atoms with E-state index < -0.39 is 0 Å². The molecule has 0 spiro atoms. The second-order valence-electron chi connectivity index (χ2n) is 3.97. The zero-order chi connectivity index (χ0) is 9.47. The van der Waals surface area contributed by atoms with Gasteiger partial charge in [0, 0.05) is 6.42 Å². The fourth-order valence-corrected chi connectivity index (χ4v) is 2.15. The molecule has 2 unspecified atom stereocenters. The van der Waals surface area contributed by atoms with Crippen LogP contribution in [0.4, 0.5) is 0 Å². The number of fused-ring (bicyclic) bond motifs is 1. The Morgan fingerprint density at radius 1 is 1.38 bits per heavy atom. The highest BCUT2D eigenvalue weighted by atomic mass is 16.6. The molecule has 0 aliphatic carbocycles. The molecular formula is C9H14NO3+. The maximum atomic E-state index is 11.6. The minimum atomic E-state index is -0.206. The number of amides is 1. The molecule has 2 aliphatic rings. The van der Waals surface area contributed by atoms with Gasteiger partial charge in [-0.1, -0.05) is 0 Å². The van der Waals surface area contributed by atoms with Crippen LogP contribution in [0.1, 0.15) is 25.7 Å². The molecule has 2 atom stereocenters. The van der Waals surface area contributed by atoms with Gasteiger partial charge in [0.25, 0.3) is 0 Å². The Labute approximate surface area is 77.1 Å². The van der Waals surface area contributed by atoms with Crippen molar-refractivity contribution in [2.24, 2.45) is 0 Å². The third-order valence-electron chi connectivity index (χ3n) is 3.08. The predicted octanol–water partition coefficient (Wildman–Crippen LogP) is 0.417. The number of carbonyl (C=O) groups excluding carboxylic acids is 2. The molecule has 0 aromatic rings. The van der Waals surface area contributed by atoms with E-state index >= 15 is 0 Å². The lowest BCUT2D eigenvalue weighted by atomic mass is 10.3.